The largest absolute Gasteiger partial charge is 0.486 e. The lowest BCUT2D eigenvalue weighted by molar-refractivity contribution is -0.134. The Kier molecular flexibility index (Phi) is 4.83. The van der Waals surface area contributed by atoms with E-state index in [0.717, 1.165) is 12.8 Å². The van der Waals surface area contributed by atoms with Gasteiger partial charge in [-0.15, -0.1) is 0 Å². The molecule has 0 atom stereocenters. The maximum absolute atomic E-state index is 12.9. The molecule has 0 bridgehead atoms. The van der Waals surface area contributed by atoms with E-state index in [4.69, 9.17) is 9.15 Å². The second kappa shape index (κ2) is 7.42. The first kappa shape index (κ1) is 17.6. The fraction of sp³-hybridized carbons (Fsp3) is 0.400. The van der Waals surface area contributed by atoms with Crippen molar-refractivity contribution in [2.45, 2.75) is 19.4 Å². The summed E-state index contributed by atoms with van der Waals surface area (Å²) in [5, 5.41) is 0. The van der Waals surface area contributed by atoms with E-state index < -0.39 is 0 Å². The van der Waals surface area contributed by atoms with Crippen molar-refractivity contribution in [2.75, 3.05) is 26.2 Å². The SMILES string of the molecule is O=C(c1ccc(COc2ccc(F)cc2)o1)N1CCN(C(=O)C2CC2)CC1. The Hall–Kier alpha value is -2.83. The van der Waals surface area contributed by atoms with Crippen molar-refractivity contribution in [1.82, 2.24) is 9.80 Å². The summed E-state index contributed by atoms with van der Waals surface area (Å²) in [6.07, 6.45) is 1.99. The van der Waals surface area contributed by atoms with E-state index in [0.29, 0.717) is 37.7 Å². The van der Waals surface area contributed by atoms with Gasteiger partial charge >= 0.3 is 0 Å². The third kappa shape index (κ3) is 4.13. The number of benzene rings is 1. The molecule has 2 amide bonds. The van der Waals surface area contributed by atoms with Crippen molar-refractivity contribution in [1.29, 1.82) is 0 Å². The number of ether oxygens (including phenoxy) is 1. The third-order valence-corrected chi connectivity index (χ3v) is 4.87. The number of amides is 2. The molecule has 2 aromatic rings. The van der Waals surface area contributed by atoms with Gasteiger partial charge < -0.3 is 19.0 Å². The Morgan fingerprint density at radius 2 is 1.67 bits per heavy atom. The fourth-order valence-corrected chi connectivity index (χ4v) is 3.13. The summed E-state index contributed by atoms with van der Waals surface area (Å²) in [5.41, 5.74) is 0. The highest BCUT2D eigenvalue weighted by atomic mass is 19.1. The number of rotatable bonds is 5. The minimum atomic E-state index is -0.327. The summed E-state index contributed by atoms with van der Waals surface area (Å²) in [5.74, 6) is 1.23. The first-order chi connectivity index (χ1) is 13.1. The minimum absolute atomic E-state index is 0.155. The molecule has 6 nitrogen and oxygen atoms in total. The van der Waals surface area contributed by atoms with Crippen molar-refractivity contribution < 1.29 is 23.1 Å². The first-order valence-corrected chi connectivity index (χ1v) is 9.15. The lowest BCUT2D eigenvalue weighted by Crippen LogP contribution is -2.51. The normalized spacial score (nSPS) is 17.1. The van der Waals surface area contributed by atoms with Crippen molar-refractivity contribution in [2.24, 2.45) is 5.92 Å². The Morgan fingerprint density at radius 3 is 2.33 bits per heavy atom. The molecule has 1 aromatic heterocycles. The molecular formula is C20H21FN2O4. The van der Waals surface area contributed by atoms with Gasteiger partial charge in [-0.25, -0.2) is 4.39 Å². The van der Waals surface area contributed by atoms with Crippen LogP contribution in [0.3, 0.4) is 0 Å². The fourth-order valence-electron chi connectivity index (χ4n) is 3.13. The van der Waals surface area contributed by atoms with E-state index in [1.165, 1.54) is 24.3 Å². The van der Waals surface area contributed by atoms with E-state index >= 15 is 0 Å². The van der Waals surface area contributed by atoms with Gasteiger partial charge in [0.2, 0.25) is 5.91 Å². The molecular weight excluding hydrogens is 351 g/mol. The van der Waals surface area contributed by atoms with Gasteiger partial charge in [-0.2, -0.15) is 0 Å². The Bertz CT molecular complexity index is 821. The third-order valence-electron chi connectivity index (χ3n) is 4.87. The van der Waals surface area contributed by atoms with E-state index in [2.05, 4.69) is 0 Å². The maximum atomic E-state index is 12.9. The molecule has 1 aliphatic carbocycles. The molecule has 1 aliphatic heterocycles. The molecule has 1 saturated heterocycles. The van der Waals surface area contributed by atoms with Gasteiger partial charge in [-0.05, 0) is 49.2 Å². The van der Waals surface area contributed by atoms with Crippen molar-refractivity contribution in [3.05, 3.63) is 53.7 Å². The van der Waals surface area contributed by atoms with E-state index in [-0.39, 0.29) is 35.9 Å². The molecule has 0 radical (unpaired) electrons. The van der Waals surface area contributed by atoms with Crippen LogP contribution in [-0.2, 0) is 11.4 Å². The predicted octanol–water partition coefficient (Wildman–Crippen LogP) is 2.69. The van der Waals surface area contributed by atoms with Gasteiger partial charge in [-0.1, -0.05) is 0 Å². The van der Waals surface area contributed by atoms with Gasteiger partial charge in [0.15, 0.2) is 5.76 Å². The Morgan fingerprint density at radius 1 is 1.00 bits per heavy atom. The molecule has 2 heterocycles. The molecule has 27 heavy (non-hydrogen) atoms. The van der Waals surface area contributed by atoms with Crippen LogP contribution in [0.4, 0.5) is 4.39 Å². The Labute approximate surface area is 156 Å². The summed E-state index contributed by atoms with van der Waals surface area (Å²) < 4.78 is 24.0. The van der Waals surface area contributed by atoms with E-state index in [9.17, 15) is 14.0 Å². The average molecular weight is 372 g/mol. The van der Waals surface area contributed by atoms with Gasteiger partial charge in [-0.3, -0.25) is 9.59 Å². The van der Waals surface area contributed by atoms with Crippen LogP contribution in [0, 0.1) is 11.7 Å². The van der Waals surface area contributed by atoms with Gasteiger partial charge in [0.25, 0.3) is 5.91 Å². The van der Waals surface area contributed by atoms with Crippen molar-refractivity contribution in [3.63, 3.8) is 0 Å². The number of carbonyl (C=O) groups is 2. The van der Waals surface area contributed by atoms with E-state index in [1.807, 2.05) is 4.90 Å². The quantitative estimate of drug-likeness (QED) is 0.810. The molecule has 1 saturated carbocycles. The minimum Gasteiger partial charge on any atom is -0.486 e. The molecule has 142 valence electrons. The zero-order valence-electron chi connectivity index (χ0n) is 14.9. The van der Waals surface area contributed by atoms with Crippen LogP contribution in [0.5, 0.6) is 5.75 Å². The zero-order chi connectivity index (χ0) is 18.8. The molecule has 0 unspecified atom stereocenters. The monoisotopic (exact) mass is 372 g/mol. The molecule has 0 N–H and O–H groups in total. The highest BCUT2D eigenvalue weighted by molar-refractivity contribution is 5.91. The van der Waals surface area contributed by atoms with Gasteiger partial charge in [0, 0.05) is 32.1 Å². The number of piperazine rings is 1. The molecule has 7 heteroatoms. The molecule has 1 aromatic carbocycles. The number of halogens is 1. The smallest absolute Gasteiger partial charge is 0.289 e. The van der Waals surface area contributed by atoms with E-state index in [1.54, 1.807) is 17.0 Å². The van der Waals surface area contributed by atoms with Crippen LogP contribution in [0.2, 0.25) is 0 Å². The van der Waals surface area contributed by atoms with Gasteiger partial charge in [0.1, 0.15) is 23.9 Å². The molecule has 2 aliphatic rings. The summed E-state index contributed by atoms with van der Waals surface area (Å²) in [4.78, 5) is 28.2. The van der Waals surface area contributed by atoms with Gasteiger partial charge in [0.05, 0.1) is 0 Å². The zero-order valence-corrected chi connectivity index (χ0v) is 14.9. The number of hydrogen-bond acceptors (Lipinski definition) is 4. The van der Waals surface area contributed by atoms with Crippen molar-refractivity contribution in [3.8, 4) is 5.75 Å². The van der Waals surface area contributed by atoms with Crippen molar-refractivity contribution >= 4 is 11.8 Å². The number of nitrogens with zero attached hydrogens (tertiary/aromatic N) is 2. The first-order valence-electron chi connectivity index (χ1n) is 9.15. The second-order valence-electron chi connectivity index (χ2n) is 6.90. The number of furan rings is 1. The van der Waals surface area contributed by atoms with Crippen LogP contribution in [0.25, 0.3) is 0 Å². The lowest BCUT2D eigenvalue weighted by atomic mass is 10.2. The number of carbonyl (C=O) groups excluding carboxylic acids is 2. The Balaban J connectivity index is 1.29. The van der Waals surface area contributed by atoms with Crippen LogP contribution in [0.15, 0.2) is 40.8 Å². The summed E-state index contributed by atoms with van der Waals surface area (Å²) >= 11 is 0. The highest BCUT2D eigenvalue weighted by Crippen LogP contribution is 2.31. The van der Waals surface area contributed by atoms with Crippen LogP contribution >= 0.6 is 0 Å². The molecule has 0 spiro atoms. The molecule has 2 fully saturated rings. The van der Waals surface area contributed by atoms with Crippen LogP contribution in [-0.4, -0.2) is 47.8 Å². The van der Waals surface area contributed by atoms with Crippen LogP contribution < -0.4 is 4.74 Å². The second-order valence-corrected chi connectivity index (χ2v) is 6.90. The summed E-state index contributed by atoms with van der Waals surface area (Å²) in [6, 6.07) is 9.04. The average Bonchev–Trinajstić information content (AvgIpc) is 3.44. The van der Waals surface area contributed by atoms with Crippen LogP contribution in [0.1, 0.15) is 29.2 Å². The standard InChI is InChI=1S/C20H21FN2O4/c21-15-3-5-16(6-4-15)26-13-17-7-8-18(27-17)20(25)23-11-9-22(10-12-23)19(24)14-1-2-14/h3-8,14H,1-2,9-13H2. The summed E-state index contributed by atoms with van der Waals surface area (Å²) in [6.45, 7) is 2.33. The molecule has 4 rings (SSSR count). The number of hydrogen-bond donors (Lipinski definition) is 0. The summed E-state index contributed by atoms with van der Waals surface area (Å²) in [7, 11) is 0. The topological polar surface area (TPSA) is 63.0 Å². The predicted molar refractivity (Wildman–Crippen MR) is 94.6 cm³/mol. The lowest BCUT2D eigenvalue weighted by Gasteiger charge is -2.34. The highest BCUT2D eigenvalue weighted by Gasteiger charge is 2.35. The maximum Gasteiger partial charge on any atom is 0.289 e.